The van der Waals surface area contributed by atoms with Gasteiger partial charge in [-0.1, -0.05) is 88.3 Å². The van der Waals surface area contributed by atoms with Crippen LogP contribution >= 0.6 is 0 Å². The van der Waals surface area contributed by atoms with Gasteiger partial charge in [-0.25, -0.2) is 13.1 Å². The number of anilines is 4. The van der Waals surface area contributed by atoms with Gasteiger partial charge in [0.15, 0.2) is 0 Å². The third-order valence-corrected chi connectivity index (χ3v) is 9.89. The van der Waals surface area contributed by atoms with Crippen LogP contribution in [-0.2, 0) is 16.6 Å². The standard InChI is InChI=1S/C37H54N8O3S/c1-5-6-7-8-9-12-25-38-35-42-36(44-37(43-35)40-28-29-21-23-30(48-4)24-22-29)39-26-13-10-11-14-27-41-49(46,47)34-20-16-17-31-32(34)18-15-19-33(31)45(2)3/h15-24,41H,5-14,25-28H2,1-4H3,(H3,38,39,40,42,43,44). The number of fused-ring (bicyclic) bond motifs is 1. The first-order chi connectivity index (χ1) is 23.8. The van der Waals surface area contributed by atoms with Crippen LogP contribution in [0.25, 0.3) is 10.8 Å². The molecular formula is C37H54N8O3S. The Morgan fingerprint density at radius 1 is 0.653 bits per heavy atom. The van der Waals surface area contributed by atoms with Gasteiger partial charge >= 0.3 is 0 Å². The Hall–Kier alpha value is -4.16. The summed E-state index contributed by atoms with van der Waals surface area (Å²) in [4.78, 5) is 16.1. The molecule has 0 spiro atoms. The highest BCUT2D eigenvalue weighted by atomic mass is 32.2. The predicted molar refractivity (Wildman–Crippen MR) is 202 cm³/mol. The Kier molecular flexibility index (Phi) is 15.2. The monoisotopic (exact) mass is 690 g/mol. The van der Waals surface area contributed by atoms with Crippen LogP contribution in [0.3, 0.4) is 0 Å². The van der Waals surface area contributed by atoms with Gasteiger partial charge in [-0.15, -0.1) is 0 Å². The third kappa shape index (κ3) is 12.0. The van der Waals surface area contributed by atoms with Crippen molar-refractivity contribution in [1.82, 2.24) is 19.7 Å². The fourth-order valence-electron chi connectivity index (χ4n) is 5.62. The van der Waals surface area contributed by atoms with Crippen molar-refractivity contribution in [1.29, 1.82) is 0 Å². The molecular weight excluding hydrogens is 637 g/mol. The molecule has 0 aliphatic rings. The molecule has 0 saturated heterocycles. The zero-order chi connectivity index (χ0) is 34.9. The minimum atomic E-state index is -3.63. The summed E-state index contributed by atoms with van der Waals surface area (Å²) in [5.74, 6) is 2.41. The van der Waals surface area contributed by atoms with Crippen molar-refractivity contribution in [3.8, 4) is 5.75 Å². The van der Waals surface area contributed by atoms with Crippen LogP contribution in [0, 0.1) is 0 Å². The Morgan fingerprint density at radius 2 is 1.20 bits per heavy atom. The molecule has 0 radical (unpaired) electrons. The van der Waals surface area contributed by atoms with Crippen molar-refractivity contribution in [3.05, 3.63) is 66.2 Å². The van der Waals surface area contributed by atoms with Crippen molar-refractivity contribution in [2.24, 2.45) is 0 Å². The van der Waals surface area contributed by atoms with Gasteiger partial charge in [-0.05, 0) is 49.1 Å². The van der Waals surface area contributed by atoms with Crippen molar-refractivity contribution in [2.75, 3.05) is 61.7 Å². The molecule has 0 saturated carbocycles. The number of nitrogens with zero attached hydrogens (tertiary/aromatic N) is 4. The molecule has 4 rings (SSSR count). The Balaban J connectivity index is 1.23. The van der Waals surface area contributed by atoms with Crippen LogP contribution < -0.4 is 30.3 Å². The molecule has 0 bridgehead atoms. The molecule has 11 nitrogen and oxygen atoms in total. The first kappa shape index (κ1) is 37.7. The third-order valence-electron chi connectivity index (χ3n) is 8.37. The molecule has 0 fully saturated rings. The van der Waals surface area contributed by atoms with E-state index in [0.717, 1.165) is 66.4 Å². The van der Waals surface area contributed by atoms with E-state index >= 15 is 0 Å². The van der Waals surface area contributed by atoms with E-state index in [4.69, 9.17) is 4.74 Å². The summed E-state index contributed by atoms with van der Waals surface area (Å²) in [6.07, 6.45) is 10.9. The smallest absolute Gasteiger partial charge is 0.241 e. The predicted octanol–water partition coefficient (Wildman–Crippen LogP) is 7.43. The van der Waals surface area contributed by atoms with E-state index in [-0.39, 0.29) is 0 Å². The van der Waals surface area contributed by atoms with Gasteiger partial charge in [-0.2, -0.15) is 15.0 Å². The van der Waals surface area contributed by atoms with E-state index in [9.17, 15) is 8.42 Å². The molecule has 1 heterocycles. The fraction of sp³-hybridized carbons (Fsp3) is 0.486. The van der Waals surface area contributed by atoms with Crippen LogP contribution in [0.1, 0.15) is 76.7 Å². The van der Waals surface area contributed by atoms with Crippen molar-refractivity contribution in [3.63, 3.8) is 0 Å². The summed E-state index contributed by atoms with van der Waals surface area (Å²) >= 11 is 0. The number of aromatic nitrogens is 3. The maximum Gasteiger partial charge on any atom is 0.241 e. The minimum absolute atomic E-state index is 0.314. The van der Waals surface area contributed by atoms with Crippen LogP contribution in [0.15, 0.2) is 65.6 Å². The molecule has 3 aromatic carbocycles. The topological polar surface area (TPSA) is 133 Å². The van der Waals surface area contributed by atoms with Gasteiger partial charge in [0.05, 0.1) is 12.0 Å². The van der Waals surface area contributed by atoms with Gasteiger partial charge in [-0.3, -0.25) is 0 Å². The van der Waals surface area contributed by atoms with E-state index in [1.165, 1.54) is 32.1 Å². The van der Waals surface area contributed by atoms with Crippen LogP contribution in [0.2, 0.25) is 0 Å². The lowest BCUT2D eigenvalue weighted by Gasteiger charge is -2.17. The highest BCUT2D eigenvalue weighted by molar-refractivity contribution is 7.89. The Labute approximate surface area is 292 Å². The summed E-state index contributed by atoms with van der Waals surface area (Å²) in [5.41, 5.74) is 2.08. The van der Waals surface area contributed by atoms with Crippen molar-refractivity contribution in [2.45, 2.75) is 82.6 Å². The van der Waals surface area contributed by atoms with Gasteiger partial charge in [0.1, 0.15) is 5.75 Å². The lowest BCUT2D eigenvalue weighted by Crippen LogP contribution is -2.25. The lowest BCUT2D eigenvalue weighted by atomic mass is 10.1. The highest BCUT2D eigenvalue weighted by Crippen LogP contribution is 2.30. The number of nitrogens with one attached hydrogen (secondary N) is 4. The number of rotatable bonds is 23. The molecule has 49 heavy (non-hydrogen) atoms. The molecule has 12 heteroatoms. The van der Waals surface area contributed by atoms with E-state index in [1.807, 2.05) is 67.5 Å². The van der Waals surface area contributed by atoms with Gasteiger partial charge in [0.2, 0.25) is 27.9 Å². The van der Waals surface area contributed by atoms with Crippen LogP contribution in [0.4, 0.5) is 23.5 Å². The molecule has 0 atom stereocenters. The maximum absolute atomic E-state index is 13.2. The Bertz CT molecular complexity index is 1680. The zero-order valence-electron chi connectivity index (χ0n) is 29.6. The lowest BCUT2D eigenvalue weighted by molar-refractivity contribution is 0.414. The number of methoxy groups -OCH3 is 1. The van der Waals surface area contributed by atoms with Gasteiger partial charge in [0.25, 0.3) is 0 Å². The van der Waals surface area contributed by atoms with Gasteiger partial charge in [0, 0.05) is 56.7 Å². The van der Waals surface area contributed by atoms with Crippen LogP contribution in [0.5, 0.6) is 5.75 Å². The molecule has 1 aromatic heterocycles. The second-order valence-corrected chi connectivity index (χ2v) is 14.2. The number of sulfonamides is 1. The number of unbranched alkanes of at least 4 members (excludes halogenated alkanes) is 8. The second-order valence-electron chi connectivity index (χ2n) is 12.5. The zero-order valence-corrected chi connectivity index (χ0v) is 30.4. The summed E-state index contributed by atoms with van der Waals surface area (Å²) < 4.78 is 34.5. The molecule has 266 valence electrons. The molecule has 0 amide bonds. The Morgan fingerprint density at radius 3 is 1.82 bits per heavy atom. The number of hydrogen-bond donors (Lipinski definition) is 4. The summed E-state index contributed by atoms with van der Waals surface area (Å²) in [5, 5.41) is 11.7. The maximum atomic E-state index is 13.2. The first-order valence-electron chi connectivity index (χ1n) is 17.6. The van der Waals surface area contributed by atoms with E-state index in [0.29, 0.717) is 42.4 Å². The number of benzene rings is 3. The number of ether oxygens (including phenoxy) is 1. The first-order valence-corrected chi connectivity index (χ1v) is 19.1. The number of hydrogen-bond acceptors (Lipinski definition) is 10. The fourth-order valence-corrected chi connectivity index (χ4v) is 6.91. The minimum Gasteiger partial charge on any atom is -0.497 e. The van der Waals surface area contributed by atoms with E-state index in [1.54, 1.807) is 19.2 Å². The average molecular weight is 691 g/mol. The van der Waals surface area contributed by atoms with Crippen molar-refractivity contribution < 1.29 is 13.2 Å². The highest BCUT2D eigenvalue weighted by Gasteiger charge is 2.18. The summed E-state index contributed by atoms with van der Waals surface area (Å²) in [6, 6.07) is 19.1. The average Bonchev–Trinajstić information content (AvgIpc) is 3.11. The van der Waals surface area contributed by atoms with E-state index in [2.05, 4.69) is 42.5 Å². The molecule has 4 N–H and O–H groups in total. The van der Waals surface area contributed by atoms with Crippen LogP contribution in [-0.4, -0.2) is 64.2 Å². The van der Waals surface area contributed by atoms with E-state index < -0.39 is 10.0 Å². The molecule has 0 aliphatic heterocycles. The summed E-state index contributed by atoms with van der Waals surface area (Å²) in [6.45, 7) is 4.72. The summed E-state index contributed by atoms with van der Waals surface area (Å²) in [7, 11) is 1.94. The second kappa shape index (κ2) is 19.7. The SMILES string of the molecule is CCCCCCCCNc1nc(NCCCCCCNS(=O)(=O)c2cccc3c(N(C)C)cccc23)nc(NCc2ccc(OC)cc2)n1. The molecule has 4 aromatic rings. The van der Waals surface area contributed by atoms with Gasteiger partial charge < -0.3 is 25.6 Å². The van der Waals surface area contributed by atoms with Crippen molar-refractivity contribution >= 4 is 44.3 Å². The largest absolute Gasteiger partial charge is 0.497 e. The molecule has 0 aliphatic carbocycles. The quantitative estimate of drug-likeness (QED) is 0.0582. The molecule has 0 unspecified atom stereocenters. The normalized spacial score (nSPS) is 11.4.